The molecule has 0 aromatic heterocycles. The predicted octanol–water partition coefficient (Wildman–Crippen LogP) is 3.91. The maximum atomic E-state index is 12.4. The molecule has 2 aromatic carbocycles. The molecule has 4 heteroatoms. The summed E-state index contributed by atoms with van der Waals surface area (Å²) in [5.41, 5.74) is 1.24. The molecule has 4 nitrogen and oxygen atoms in total. The summed E-state index contributed by atoms with van der Waals surface area (Å²) in [4.78, 5) is 23.9. The zero-order chi connectivity index (χ0) is 16.7. The van der Waals surface area contributed by atoms with Crippen LogP contribution < -0.4 is 9.47 Å². The van der Waals surface area contributed by atoms with E-state index in [0.29, 0.717) is 11.3 Å². The van der Waals surface area contributed by atoms with E-state index in [1.807, 2.05) is 30.3 Å². The number of rotatable bonds is 6. The lowest BCUT2D eigenvalue weighted by Gasteiger charge is -2.09. The molecule has 0 fully saturated rings. The van der Waals surface area contributed by atoms with Gasteiger partial charge >= 0.3 is 5.97 Å². The second-order valence-corrected chi connectivity index (χ2v) is 4.80. The van der Waals surface area contributed by atoms with Gasteiger partial charge in [-0.1, -0.05) is 43.3 Å². The summed E-state index contributed by atoms with van der Waals surface area (Å²) in [6.07, 6.45) is 3.41. The Morgan fingerprint density at radius 1 is 1.09 bits per heavy atom. The minimum atomic E-state index is -0.403. The van der Waals surface area contributed by atoms with Gasteiger partial charge in [-0.05, 0) is 23.8 Å². The van der Waals surface area contributed by atoms with Crippen molar-refractivity contribution in [2.75, 3.05) is 7.11 Å². The Bertz CT molecular complexity index is 717. The first-order valence-corrected chi connectivity index (χ1v) is 7.30. The largest absolute Gasteiger partial charge is 0.497 e. The van der Waals surface area contributed by atoms with Crippen LogP contribution in [-0.4, -0.2) is 18.9 Å². The van der Waals surface area contributed by atoms with Crippen molar-refractivity contribution in [1.82, 2.24) is 0 Å². The predicted molar refractivity (Wildman–Crippen MR) is 88.7 cm³/mol. The van der Waals surface area contributed by atoms with Crippen molar-refractivity contribution in [2.45, 2.75) is 13.3 Å². The Morgan fingerprint density at radius 3 is 2.48 bits per heavy atom. The van der Waals surface area contributed by atoms with Crippen molar-refractivity contribution in [2.24, 2.45) is 0 Å². The van der Waals surface area contributed by atoms with Crippen LogP contribution in [0.25, 0.3) is 6.08 Å². The Kier molecular flexibility index (Phi) is 5.69. The van der Waals surface area contributed by atoms with Crippen molar-refractivity contribution in [1.29, 1.82) is 0 Å². The summed E-state index contributed by atoms with van der Waals surface area (Å²) in [5.74, 6) is 0.0844. The SMILES string of the molecule is CCC(=O)Oc1cc(OC)ccc1C(=O)/C=C/c1ccccc1. The fourth-order valence-corrected chi connectivity index (χ4v) is 1.94. The van der Waals surface area contributed by atoms with Gasteiger partial charge < -0.3 is 9.47 Å². The summed E-state index contributed by atoms with van der Waals surface area (Å²) < 4.78 is 10.4. The number of ether oxygens (including phenoxy) is 2. The highest BCUT2D eigenvalue weighted by Gasteiger charge is 2.14. The van der Waals surface area contributed by atoms with Gasteiger partial charge in [0.15, 0.2) is 5.78 Å². The van der Waals surface area contributed by atoms with Crippen molar-refractivity contribution in [3.63, 3.8) is 0 Å². The van der Waals surface area contributed by atoms with E-state index in [1.54, 1.807) is 25.1 Å². The Hall–Kier alpha value is -2.88. The van der Waals surface area contributed by atoms with Crippen LogP contribution >= 0.6 is 0 Å². The Morgan fingerprint density at radius 2 is 1.83 bits per heavy atom. The van der Waals surface area contributed by atoms with Gasteiger partial charge in [-0.25, -0.2) is 0 Å². The number of hydrogen-bond donors (Lipinski definition) is 0. The number of hydrogen-bond acceptors (Lipinski definition) is 4. The minimum absolute atomic E-state index is 0.207. The molecule has 0 saturated heterocycles. The van der Waals surface area contributed by atoms with Crippen LogP contribution in [0.4, 0.5) is 0 Å². The number of ketones is 1. The lowest BCUT2D eigenvalue weighted by atomic mass is 10.1. The molecule has 0 saturated carbocycles. The van der Waals surface area contributed by atoms with Gasteiger partial charge in [0.25, 0.3) is 0 Å². The third-order valence-corrected chi connectivity index (χ3v) is 3.19. The summed E-state index contributed by atoms with van der Waals surface area (Å²) in [6, 6.07) is 14.3. The quantitative estimate of drug-likeness (QED) is 0.351. The third kappa shape index (κ3) is 4.54. The molecule has 0 heterocycles. The van der Waals surface area contributed by atoms with Gasteiger partial charge in [-0.15, -0.1) is 0 Å². The molecule has 0 bridgehead atoms. The molecular weight excluding hydrogens is 292 g/mol. The lowest BCUT2D eigenvalue weighted by Crippen LogP contribution is -2.09. The molecule has 0 aliphatic heterocycles. The van der Waals surface area contributed by atoms with E-state index in [0.717, 1.165) is 5.56 Å². The number of carbonyl (C=O) groups excluding carboxylic acids is 2. The van der Waals surface area contributed by atoms with Crippen molar-refractivity contribution >= 4 is 17.8 Å². The zero-order valence-electron chi connectivity index (χ0n) is 13.1. The van der Waals surface area contributed by atoms with Gasteiger partial charge in [0.05, 0.1) is 12.7 Å². The van der Waals surface area contributed by atoms with Crippen molar-refractivity contribution in [3.05, 3.63) is 65.7 Å². The smallest absolute Gasteiger partial charge is 0.310 e. The highest BCUT2D eigenvalue weighted by molar-refractivity contribution is 6.09. The molecule has 2 rings (SSSR count). The maximum Gasteiger partial charge on any atom is 0.310 e. The number of benzene rings is 2. The van der Waals surface area contributed by atoms with Crippen LogP contribution in [-0.2, 0) is 4.79 Å². The van der Waals surface area contributed by atoms with Crippen molar-refractivity contribution in [3.8, 4) is 11.5 Å². The second-order valence-electron chi connectivity index (χ2n) is 4.80. The van der Waals surface area contributed by atoms with Crippen LogP contribution in [0.3, 0.4) is 0 Å². The standard InChI is InChI=1S/C19H18O4/c1-3-19(21)23-18-13-15(22-2)10-11-16(18)17(20)12-9-14-7-5-4-6-8-14/h4-13H,3H2,1-2H3/b12-9+. The lowest BCUT2D eigenvalue weighted by molar-refractivity contribution is -0.134. The fourth-order valence-electron chi connectivity index (χ4n) is 1.94. The summed E-state index contributed by atoms with van der Waals surface area (Å²) in [5, 5.41) is 0. The number of esters is 1. The molecule has 0 aliphatic rings. The van der Waals surface area contributed by atoms with Crippen LogP contribution in [0.1, 0.15) is 29.3 Å². The van der Waals surface area contributed by atoms with Gasteiger partial charge in [0.1, 0.15) is 11.5 Å². The Balaban J connectivity index is 2.28. The molecule has 0 unspecified atom stereocenters. The van der Waals surface area contributed by atoms with Crippen LogP contribution in [0.2, 0.25) is 0 Å². The van der Waals surface area contributed by atoms with Crippen LogP contribution in [0.15, 0.2) is 54.6 Å². The fraction of sp³-hybridized carbons (Fsp3) is 0.158. The number of methoxy groups -OCH3 is 1. The highest BCUT2D eigenvalue weighted by Crippen LogP contribution is 2.26. The Labute approximate surface area is 135 Å². The van der Waals surface area contributed by atoms with Crippen LogP contribution in [0, 0.1) is 0 Å². The topological polar surface area (TPSA) is 52.6 Å². The van der Waals surface area contributed by atoms with Gasteiger partial charge in [0.2, 0.25) is 0 Å². The first kappa shape index (κ1) is 16.5. The normalized spacial score (nSPS) is 10.5. The highest BCUT2D eigenvalue weighted by atomic mass is 16.5. The maximum absolute atomic E-state index is 12.4. The summed E-state index contributed by atoms with van der Waals surface area (Å²) in [7, 11) is 1.51. The first-order chi connectivity index (χ1) is 11.1. The van der Waals surface area contributed by atoms with Crippen LogP contribution in [0.5, 0.6) is 11.5 Å². The zero-order valence-corrected chi connectivity index (χ0v) is 13.1. The van der Waals surface area contributed by atoms with Gasteiger partial charge in [-0.2, -0.15) is 0 Å². The van der Waals surface area contributed by atoms with Crippen molar-refractivity contribution < 1.29 is 19.1 Å². The van der Waals surface area contributed by atoms with E-state index in [2.05, 4.69) is 0 Å². The number of carbonyl (C=O) groups is 2. The molecule has 23 heavy (non-hydrogen) atoms. The molecule has 0 aliphatic carbocycles. The van der Waals surface area contributed by atoms with E-state index in [1.165, 1.54) is 19.3 Å². The monoisotopic (exact) mass is 310 g/mol. The van der Waals surface area contributed by atoms with E-state index in [9.17, 15) is 9.59 Å². The van der Waals surface area contributed by atoms with E-state index in [-0.39, 0.29) is 18.0 Å². The van der Waals surface area contributed by atoms with E-state index in [4.69, 9.17) is 9.47 Å². The molecule has 2 aromatic rings. The van der Waals surface area contributed by atoms with E-state index >= 15 is 0 Å². The molecule has 0 spiro atoms. The molecule has 0 amide bonds. The summed E-state index contributed by atoms with van der Waals surface area (Å²) in [6.45, 7) is 1.69. The average molecular weight is 310 g/mol. The molecule has 0 atom stereocenters. The minimum Gasteiger partial charge on any atom is -0.497 e. The first-order valence-electron chi connectivity index (χ1n) is 7.30. The summed E-state index contributed by atoms with van der Waals surface area (Å²) >= 11 is 0. The number of allylic oxidation sites excluding steroid dienone is 1. The molecule has 118 valence electrons. The van der Waals surface area contributed by atoms with Gasteiger partial charge in [-0.3, -0.25) is 9.59 Å². The second kappa shape index (κ2) is 7.94. The molecule has 0 radical (unpaired) electrons. The van der Waals surface area contributed by atoms with Gasteiger partial charge in [0, 0.05) is 12.5 Å². The van der Waals surface area contributed by atoms with E-state index < -0.39 is 5.97 Å². The third-order valence-electron chi connectivity index (χ3n) is 3.19. The molecular formula is C19H18O4. The average Bonchev–Trinajstić information content (AvgIpc) is 2.60. The molecule has 0 N–H and O–H groups in total.